The van der Waals surface area contributed by atoms with E-state index in [0.717, 1.165) is 6.54 Å². The molecule has 1 aromatic carbocycles. The molecule has 0 aliphatic carbocycles. The number of benzene rings is 1. The number of hydrogen-bond donors (Lipinski definition) is 1. The highest BCUT2D eigenvalue weighted by atomic mass is 35.5. The van der Waals surface area contributed by atoms with Gasteiger partial charge in [0.1, 0.15) is 6.04 Å². The Kier molecular flexibility index (Phi) is 6.85. The summed E-state index contributed by atoms with van der Waals surface area (Å²) in [5.41, 5.74) is 0. The average Bonchev–Trinajstić information content (AvgIpc) is 3.03. The van der Waals surface area contributed by atoms with Gasteiger partial charge in [0.05, 0.1) is 4.90 Å². The molecule has 6 nitrogen and oxygen atoms in total. The molecule has 1 aliphatic rings. The van der Waals surface area contributed by atoms with Crippen LogP contribution in [0.3, 0.4) is 0 Å². The van der Waals surface area contributed by atoms with Crippen molar-refractivity contribution in [1.82, 2.24) is 14.5 Å². The number of nitrogens with one attached hydrogen (secondary N) is 1. The van der Waals surface area contributed by atoms with Crippen LogP contribution in [0.4, 0.5) is 0 Å². The van der Waals surface area contributed by atoms with Crippen LogP contribution in [0.5, 0.6) is 0 Å². The fourth-order valence-electron chi connectivity index (χ4n) is 3.11. The smallest absolute Gasteiger partial charge is 0.243 e. The SMILES string of the molecule is C[C@@H](CNC(=O)[C@H]1CCCN1S(=O)(=O)c1ccc(Cl)cc1)CN(C)C. The summed E-state index contributed by atoms with van der Waals surface area (Å²) in [6, 6.07) is 5.39. The molecule has 140 valence electrons. The zero-order valence-electron chi connectivity index (χ0n) is 14.9. The summed E-state index contributed by atoms with van der Waals surface area (Å²) < 4.78 is 27.0. The van der Waals surface area contributed by atoms with Crippen LogP contribution in [0, 0.1) is 5.92 Å². The Bertz CT molecular complexity index is 692. The van der Waals surface area contributed by atoms with Crippen molar-refractivity contribution in [3.63, 3.8) is 0 Å². The third kappa shape index (κ3) is 5.17. The molecule has 0 bridgehead atoms. The lowest BCUT2D eigenvalue weighted by atomic mass is 10.1. The molecule has 0 aromatic heterocycles. The van der Waals surface area contributed by atoms with Crippen molar-refractivity contribution in [2.45, 2.75) is 30.7 Å². The molecule has 1 amide bonds. The van der Waals surface area contributed by atoms with Crippen LogP contribution < -0.4 is 5.32 Å². The number of sulfonamides is 1. The molecule has 8 heteroatoms. The molecule has 0 radical (unpaired) electrons. The van der Waals surface area contributed by atoms with E-state index < -0.39 is 16.1 Å². The molecule has 2 atom stereocenters. The van der Waals surface area contributed by atoms with Gasteiger partial charge in [-0.2, -0.15) is 4.31 Å². The second-order valence-electron chi connectivity index (χ2n) is 6.84. The molecule has 2 rings (SSSR count). The first-order valence-corrected chi connectivity index (χ1v) is 10.2. The number of rotatable bonds is 7. The molecule has 1 N–H and O–H groups in total. The maximum absolute atomic E-state index is 12.8. The van der Waals surface area contributed by atoms with Crippen molar-refractivity contribution in [1.29, 1.82) is 0 Å². The Balaban J connectivity index is 2.06. The first-order chi connectivity index (χ1) is 11.7. The molecule has 1 aromatic rings. The summed E-state index contributed by atoms with van der Waals surface area (Å²) in [7, 11) is 0.262. The molecule has 0 saturated carbocycles. The quantitative estimate of drug-likeness (QED) is 0.774. The Labute approximate surface area is 155 Å². The van der Waals surface area contributed by atoms with E-state index >= 15 is 0 Å². The molecular weight excluding hydrogens is 362 g/mol. The lowest BCUT2D eigenvalue weighted by Crippen LogP contribution is -2.47. The van der Waals surface area contributed by atoms with E-state index in [1.54, 1.807) is 12.1 Å². The Morgan fingerprint density at radius 1 is 1.36 bits per heavy atom. The molecule has 0 unspecified atom stereocenters. The summed E-state index contributed by atoms with van der Waals surface area (Å²) >= 11 is 5.83. The van der Waals surface area contributed by atoms with E-state index in [9.17, 15) is 13.2 Å². The average molecular weight is 388 g/mol. The van der Waals surface area contributed by atoms with E-state index in [1.165, 1.54) is 16.4 Å². The number of carbonyl (C=O) groups excluding carboxylic acids is 1. The van der Waals surface area contributed by atoms with Gasteiger partial charge in [0, 0.05) is 24.7 Å². The van der Waals surface area contributed by atoms with Gasteiger partial charge < -0.3 is 10.2 Å². The summed E-state index contributed by atoms with van der Waals surface area (Å²) in [5, 5.41) is 3.38. The molecule has 1 aliphatic heterocycles. The summed E-state index contributed by atoms with van der Waals surface area (Å²) in [4.78, 5) is 14.7. The maximum atomic E-state index is 12.8. The first kappa shape index (κ1) is 20.2. The summed E-state index contributed by atoms with van der Waals surface area (Å²) in [6.07, 6.45) is 1.22. The van der Waals surface area contributed by atoms with Gasteiger partial charge in [-0.05, 0) is 57.1 Å². The lowest BCUT2D eigenvalue weighted by Gasteiger charge is -2.24. The molecule has 1 heterocycles. The minimum Gasteiger partial charge on any atom is -0.354 e. The Morgan fingerprint density at radius 2 is 2.00 bits per heavy atom. The van der Waals surface area contributed by atoms with Gasteiger partial charge in [-0.1, -0.05) is 18.5 Å². The summed E-state index contributed by atoms with van der Waals surface area (Å²) in [5.74, 6) is 0.0716. The van der Waals surface area contributed by atoms with Crippen LogP contribution in [0.2, 0.25) is 5.02 Å². The first-order valence-electron chi connectivity index (χ1n) is 8.41. The van der Waals surface area contributed by atoms with Crippen LogP contribution in [0.1, 0.15) is 19.8 Å². The van der Waals surface area contributed by atoms with Gasteiger partial charge in [0.15, 0.2) is 0 Å². The monoisotopic (exact) mass is 387 g/mol. The standard InChI is InChI=1S/C17H26ClN3O3S/c1-13(12-20(2)3)11-19-17(22)16-5-4-10-21(16)25(23,24)15-8-6-14(18)7-9-15/h6-9,13,16H,4-5,10-12H2,1-3H3,(H,19,22)/t13-,16+/m0/s1. The van der Waals surface area contributed by atoms with Crippen LogP contribution in [0.15, 0.2) is 29.2 Å². The van der Waals surface area contributed by atoms with Crippen molar-refractivity contribution in [2.24, 2.45) is 5.92 Å². The van der Waals surface area contributed by atoms with E-state index in [1.807, 2.05) is 14.1 Å². The Hall–Kier alpha value is -1.15. The van der Waals surface area contributed by atoms with Gasteiger partial charge in [0.25, 0.3) is 0 Å². The van der Waals surface area contributed by atoms with E-state index in [-0.39, 0.29) is 10.8 Å². The molecule has 0 spiro atoms. The van der Waals surface area contributed by atoms with Gasteiger partial charge >= 0.3 is 0 Å². The van der Waals surface area contributed by atoms with Crippen LogP contribution >= 0.6 is 11.6 Å². The van der Waals surface area contributed by atoms with Crippen LogP contribution in [0.25, 0.3) is 0 Å². The fraction of sp³-hybridized carbons (Fsp3) is 0.588. The van der Waals surface area contributed by atoms with E-state index in [2.05, 4.69) is 17.1 Å². The van der Waals surface area contributed by atoms with Gasteiger partial charge in [-0.3, -0.25) is 4.79 Å². The lowest BCUT2D eigenvalue weighted by molar-refractivity contribution is -0.124. The molecule has 1 saturated heterocycles. The number of amides is 1. The zero-order valence-corrected chi connectivity index (χ0v) is 16.5. The number of carbonyl (C=O) groups is 1. The van der Waals surface area contributed by atoms with E-state index in [4.69, 9.17) is 11.6 Å². The zero-order chi connectivity index (χ0) is 18.6. The van der Waals surface area contributed by atoms with Gasteiger partial charge in [-0.15, -0.1) is 0 Å². The van der Waals surface area contributed by atoms with Crippen molar-refractivity contribution in [3.8, 4) is 0 Å². The second kappa shape index (κ2) is 8.49. The fourth-order valence-corrected chi connectivity index (χ4v) is 4.89. The third-order valence-electron chi connectivity index (χ3n) is 4.23. The van der Waals surface area contributed by atoms with Gasteiger partial charge in [-0.25, -0.2) is 8.42 Å². The minimum atomic E-state index is -3.70. The number of nitrogens with zero attached hydrogens (tertiary/aromatic N) is 2. The van der Waals surface area contributed by atoms with Crippen molar-refractivity contribution < 1.29 is 13.2 Å². The van der Waals surface area contributed by atoms with Gasteiger partial charge in [0.2, 0.25) is 15.9 Å². The largest absolute Gasteiger partial charge is 0.354 e. The predicted octanol–water partition coefficient (Wildman–Crippen LogP) is 1.81. The van der Waals surface area contributed by atoms with Crippen LogP contribution in [-0.2, 0) is 14.8 Å². The second-order valence-corrected chi connectivity index (χ2v) is 9.17. The van der Waals surface area contributed by atoms with Crippen molar-refractivity contribution in [2.75, 3.05) is 33.7 Å². The maximum Gasteiger partial charge on any atom is 0.243 e. The summed E-state index contributed by atoms with van der Waals surface area (Å²) in [6.45, 7) is 3.80. The highest BCUT2D eigenvalue weighted by Crippen LogP contribution is 2.27. The highest BCUT2D eigenvalue weighted by Gasteiger charge is 2.39. The van der Waals surface area contributed by atoms with Crippen molar-refractivity contribution >= 4 is 27.5 Å². The van der Waals surface area contributed by atoms with Crippen LogP contribution in [-0.4, -0.2) is 63.3 Å². The Morgan fingerprint density at radius 3 is 2.60 bits per heavy atom. The molecule has 25 heavy (non-hydrogen) atoms. The minimum absolute atomic E-state index is 0.164. The topological polar surface area (TPSA) is 69.7 Å². The highest BCUT2D eigenvalue weighted by molar-refractivity contribution is 7.89. The predicted molar refractivity (Wildman–Crippen MR) is 99.1 cm³/mol. The third-order valence-corrected chi connectivity index (χ3v) is 6.40. The number of hydrogen-bond acceptors (Lipinski definition) is 4. The van der Waals surface area contributed by atoms with Crippen molar-refractivity contribution in [3.05, 3.63) is 29.3 Å². The molecular formula is C17H26ClN3O3S. The molecule has 1 fully saturated rings. The van der Waals surface area contributed by atoms with E-state index in [0.29, 0.717) is 36.9 Å². The normalized spacial score (nSPS) is 20.0. The number of halogens is 1.